The van der Waals surface area contributed by atoms with Crippen LogP contribution < -0.4 is 10.5 Å². The van der Waals surface area contributed by atoms with E-state index in [1.807, 2.05) is 31.2 Å². The molecule has 0 saturated carbocycles. The SMILES string of the molecule is COc1ccc(CCC(C)(CN)OCCO)cc1. The van der Waals surface area contributed by atoms with E-state index in [0.29, 0.717) is 13.2 Å². The van der Waals surface area contributed by atoms with Crippen LogP contribution in [0.2, 0.25) is 0 Å². The number of aryl methyl sites for hydroxylation is 1. The second-order valence-corrected chi connectivity index (χ2v) is 4.57. The lowest BCUT2D eigenvalue weighted by Gasteiger charge is -2.28. The Labute approximate surface area is 109 Å². The molecular weight excluding hydrogens is 230 g/mol. The van der Waals surface area contributed by atoms with Gasteiger partial charge in [-0.25, -0.2) is 0 Å². The number of hydrogen-bond donors (Lipinski definition) is 2. The fraction of sp³-hybridized carbons (Fsp3) is 0.571. The van der Waals surface area contributed by atoms with Crippen molar-refractivity contribution in [2.24, 2.45) is 5.73 Å². The maximum absolute atomic E-state index is 8.79. The summed E-state index contributed by atoms with van der Waals surface area (Å²) in [5.41, 5.74) is 6.58. The molecule has 0 aromatic heterocycles. The summed E-state index contributed by atoms with van der Waals surface area (Å²) in [6.45, 7) is 2.78. The Morgan fingerprint density at radius 3 is 2.44 bits per heavy atom. The van der Waals surface area contributed by atoms with Crippen LogP contribution in [0.25, 0.3) is 0 Å². The van der Waals surface area contributed by atoms with E-state index in [0.717, 1.165) is 18.6 Å². The number of ether oxygens (including phenoxy) is 2. The molecule has 1 rings (SSSR count). The first-order chi connectivity index (χ1) is 8.63. The van der Waals surface area contributed by atoms with Crippen LogP contribution in [0.1, 0.15) is 18.9 Å². The molecule has 1 aromatic rings. The molecule has 0 bridgehead atoms. The quantitative estimate of drug-likeness (QED) is 0.734. The molecule has 0 amide bonds. The molecule has 4 heteroatoms. The van der Waals surface area contributed by atoms with Crippen LogP contribution in [0.15, 0.2) is 24.3 Å². The number of benzene rings is 1. The molecule has 0 aliphatic rings. The third-order valence-corrected chi connectivity index (χ3v) is 3.08. The summed E-state index contributed by atoms with van der Waals surface area (Å²) in [6, 6.07) is 7.98. The number of methoxy groups -OCH3 is 1. The van der Waals surface area contributed by atoms with E-state index in [4.69, 9.17) is 20.3 Å². The number of nitrogens with two attached hydrogens (primary N) is 1. The van der Waals surface area contributed by atoms with Gasteiger partial charge in [-0.3, -0.25) is 0 Å². The molecule has 1 unspecified atom stereocenters. The van der Waals surface area contributed by atoms with Gasteiger partial charge in [0.25, 0.3) is 0 Å². The minimum absolute atomic E-state index is 0.0259. The summed E-state index contributed by atoms with van der Waals surface area (Å²) in [5.74, 6) is 0.858. The molecule has 102 valence electrons. The van der Waals surface area contributed by atoms with Gasteiger partial charge in [0, 0.05) is 6.54 Å². The maximum atomic E-state index is 8.79. The van der Waals surface area contributed by atoms with Gasteiger partial charge in [0.15, 0.2) is 0 Å². The van der Waals surface area contributed by atoms with Gasteiger partial charge in [-0.15, -0.1) is 0 Å². The first-order valence-electron chi connectivity index (χ1n) is 6.21. The standard InChI is InChI=1S/C14H23NO3/c1-14(11-15,18-10-9-16)8-7-12-3-5-13(17-2)6-4-12/h3-6,16H,7-11,15H2,1-2H3. The number of aliphatic hydroxyl groups is 1. The van der Waals surface area contributed by atoms with Crippen molar-refractivity contribution in [1.29, 1.82) is 0 Å². The van der Waals surface area contributed by atoms with E-state index in [1.165, 1.54) is 5.56 Å². The molecule has 3 N–H and O–H groups in total. The van der Waals surface area contributed by atoms with Gasteiger partial charge in [0.05, 0.1) is 25.9 Å². The van der Waals surface area contributed by atoms with Gasteiger partial charge < -0.3 is 20.3 Å². The molecule has 0 heterocycles. The number of aliphatic hydroxyl groups excluding tert-OH is 1. The second kappa shape index (κ2) is 7.36. The Morgan fingerprint density at radius 1 is 1.28 bits per heavy atom. The normalized spacial score (nSPS) is 14.2. The summed E-state index contributed by atoms with van der Waals surface area (Å²) in [5, 5.41) is 8.79. The van der Waals surface area contributed by atoms with Crippen LogP contribution in [0.5, 0.6) is 5.75 Å². The highest BCUT2D eigenvalue weighted by molar-refractivity contribution is 5.27. The first-order valence-corrected chi connectivity index (χ1v) is 6.21. The van der Waals surface area contributed by atoms with E-state index in [2.05, 4.69) is 0 Å². The zero-order valence-corrected chi connectivity index (χ0v) is 11.2. The summed E-state index contributed by atoms with van der Waals surface area (Å²) in [4.78, 5) is 0. The zero-order chi connectivity index (χ0) is 13.4. The summed E-state index contributed by atoms with van der Waals surface area (Å²) >= 11 is 0. The zero-order valence-electron chi connectivity index (χ0n) is 11.2. The summed E-state index contributed by atoms with van der Waals surface area (Å²) in [6.07, 6.45) is 1.72. The summed E-state index contributed by atoms with van der Waals surface area (Å²) < 4.78 is 10.7. The van der Waals surface area contributed by atoms with Crippen LogP contribution in [0.3, 0.4) is 0 Å². The van der Waals surface area contributed by atoms with Gasteiger partial charge in [0.2, 0.25) is 0 Å². The molecule has 0 saturated heterocycles. The van der Waals surface area contributed by atoms with Gasteiger partial charge in [-0.1, -0.05) is 12.1 Å². The highest BCUT2D eigenvalue weighted by Gasteiger charge is 2.22. The minimum atomic E-state index is -0.372. The highest BCUT2D eigenvalue weighted by Crippen LogP contribution is 2.19. The molecule has 1 aromatic carbocycles. The van der Waals surface area contributed by atoms with Crippen molar-refractivity contribution >= 4 is 0 Å². The second-order valence-electron chi connectivity index (χ2n) is 4.57. The first kappa shape index (κ1) is 15.0. The number of hydrogen-bond acceptors (Lipinski definition) is 4. The maximum Gasteiger partial charge on any atom is 0.118 e. The van der Waals surface area contributed by atoms with Crippen LogP contribution in [-0.2, 0) is 11.2 Å². The molecule has 0 fully saturated rings. The van der Waals surface area contributed by atoms with E-state index in [1.54, 1.807) is 7.11 Å². The van der Waals surface area contributed by atoms with E-state index in [-0.39, 0.29) is 12.2 Å². The lowest BCUT2D eigenvalue weighted by atomic mass is 9.96. The lowest BCUT2D eigenvalue weighted by molar-refractivity contribution is -0.0442. The molecular formula is C14H23NO3. The Hall–Kier alpha value is -1.10. The largest absolute Gasteiger partial charge is 0.497 e. The molecule has 0 radical (unpaired) electrons. The smallest absolute Gasteiger partial charge is 0.118 e. The average Bonchev–Trinajstić information content (AvgIpc) is 2.43. The van der Waals surface area contributed by atoms with Gasteiger partial charge >= 0.3 is 0 Å². The van der Waals surface area contributed by atoms with Crippen LogP contribution >= 0.6 is 0 Å². The van der Waals surface area contributed by atoms with Gasteiger partial charge in [-0.2, -0.15) is 0 Å². The monoisotopic (exact) mass is 253 g/mol. The molecule has 4 nitrogen and oxygen atoms in total. The van der Waals surface area contributed by atoms with Crippen molar-refractivity contribution in [3.05, 3.63) is 29.8 Å². The lowest BCUT2D eigenvalue weighted by Crippen LogP contribution is -2.38. The van der Waals surface area contributed by atoms with Crippen LogP contribution in [0, 0.1) is 0 Å². The van der Waals surface area contributed by atoms with Crippen molar-refractivity contribution in [2.45, 2.75) is 25.4 Å². The Balaban J connectivity index is 2.50. The van der Waals surface area contributed by atoms with Crippen molar-refractivity contribution in [3.63, 3.8) is 0 Å². The van der Waals surface area contributed by atoms with Crippen molar-refractivity contribution in [3.8, 4) is 5.75 Å². The number of rotatable bonds is 8. The molecule has 0 aliphatic heterocycles. The Kier molecular flexibility index (Phi) is 6.12. The Morgan fingerprint density at radius 2 is 1.94 bits per heavy atom. The van der Waals surface area contributed by atoms with Crippen molar-refractivity contribution in [1.82, 2.24) is 0 Å². The predicted octanol–water partition coefficient (Wildman–Crippen LogP) is 1.35. The topological polar surface area (TPSA) is 64.7 Å². The predicted molar refractivity (Wildman–Crippen MR) is 71.8 cm³/mol. The van der Waals surface area contributed by atoms with Crippen molar-refractivity contribution < 1.29 is 14.6 Å². The van der Waals surface area contributed by atoms with Crippen LogP contribution in [0.4, 0.5) is 0 Å². The van der Waals surface area contributed by atoms with Crippen LogP contribution in [-0.4, -0.2) is 37.6 Å². The molecule has 0 spiro atoms. The van der Waals surface area contributed by atoms with Gasteiger partial charge in [-0.05, 0) is 37.5 Å². The average molecular weight is 253 g/mol. The van der Waals surface area contributed by atoms with Gasteiger partial charge in [0.1, 0.15) is 5.75 Å². The molecule has 0 aliphatic carbocycles. The highest BCUT2D eigenvalue weighted by atomic mass is 16.5. The molecule has 1 atom stereocenters. The fourth-order valence-corrected chi connectivity index (χ4v) is 1.73. The van der Waals surface area contributed by atoms with E-state index >= 15 is 0 Å². The summed E-state index contributed by atoms with van der Waals surface area (Å²) in [7, 11) is 1.66. The van der Waals surface area contributed by atoms with E-state index < -0.39 is 0 Å². The Bertz CT molecular complexity index is 339. The van der Waals surface area contributed by atoms with E-state index in [9.17, 15) is 0 Å². The van der Waals surface area contributed by atoms with Crippen molar-refractivity contribution in [2.75, 3.05) is 26.9 Å². The fourth-order valence-electron chi connectivity index (χ4n) is 1.73. The third kappa shape index (κ3) is 4.64. The minimum Gasteiger partial charge on any atom is -0.497 e. The third-order valence-electron chi connectivity index (χ3n) is 3.08. The molecule has 18 heavy (non-hydrogen) atoms.